The molecule has 1 aromatic rings. The predicted octanol–water partition coefficient (Wildman–Crippen LogP) is 1.75. The predicted molar refractivity (Wildman–Crippen MR) is 70.7 cm³/mol. The number of benzene rings is 1. The highest BCUT2D eigenvalue weighted by Crippen LogP contribution is 2.22. The zero-order valence-electron chi connectivity index (χ0n) is 11.0. The summed E-state index contributed by atoms with van der Waals surface area (Å²) in [5, 5.41) is 13.0. The van der Waals surface area contributed by atoms with Gasteiger partial charge < -0.3 is 15.3 Å². The molecule has 1 saturated heterocycles. The Bertz CT molecular complexity index is 463. The summed E-state index contributed by atoms with van der Waals surface area (Å²) in [5.74, 6) is -1.08. The first-order valence-corrected chi connectivity index (χ1v) is 6.63. The number of nitrogens with one attached hydrogen (secondary N) is 1. The summed E-state index contributed by atoms with van der Waals surface area (Å²) in [7, 11) is 0. The fourth-order valence-electron chi connectivity index (χ4n) is 2.47. The van der Waals surface area contributed by atoms with E-state index in [0.717, 1.165) is 25.5 Å². The number of rotatable bonds is 3. The average Bonchev–Trinajstić information content (AvgIpc) is 2.39. The van der Waals surface area contributed by atoms with E-state index in [1.165, 1.54) is 12.1 Å². The topological polar surface area (TPSA) is 52.6 Å². The molecule has 0 aromatic heterocycles. The maximum absolute atomic E-state index is 12.9. The molecule has 104 valence electrons. The number of aromatic hydroxyl groups is 1. The lowest BCUT2D eigenvalue weighted by molar-refractivity contribution is 0.0692. The molecule has 0 aliphatic carbocycles. The van der Waals surface area contributed by atoms with Crippen LogP contribution in [0.3, 0.4) is 0 Å². The molecule has 0 radical (unpaired) electrons. The number of nitrogens with zero attached hydrogens (tertiary/aromatic N) is 1. The highest BCUT2D eigenvalue weighted by atomic mass is 19.1. The molecule has 2 N–H and O–H groups in total. The van der Waals surface area contributed by atoms with Gasteiger partial charge in [-0.1, -0.05) is 6.92 Å². The molecule has 1 aromatic carbocycles. The van der Waals surface area contributed by atoms with Crippen LogP contribution in [0.25, 0.3) is 0 Å². The number of likely N-dealkylation sites (N-methyl/N-ethyl adjacent to an activating group) is 1. The fourth-order valence-corrected chi connectivity index (χ4v) is 2.47. The van der Waals surface area contributed by atoms with Crippen molar-refractivity contribution in [2.45, 2.75) is 25.8 Å². The summed E-state index contributed by atoms with van der Waals surface area (Å²) in [6.07, 6.45) is 1.98. The zero-order chi connectivity index (χ0) is 13.8. The molecule has 4 nitrogen and oxygen atoms in total. The van der Waals surface area contributed by atoms with Gasteiger partial charge in [0.2, 0.25) is 0 Å². The molecule has 1 amide bonds. The molecule has 0 saturated carbocycles. The molecular formula is C14H19FN2O2. The summed E-state index contributed by atoms with van der Waals surface area (Å²) < 4.78 is 12.9. The fraction of sp³-hybridized carbons (Fsp3) is 0.500. The molecule has 2 rings (SSSR count). The van der Waals surface area contributed by atoms with Gasteiger partial charge in [-0.2, -0.15) is 0 Å². The Balaban J connectivity index is 2.10. The number of phenols is 1. The molecule has 1 unspecified atom stereocenters. The minimum absolute atomic E-state index is 0.165. The van der Waals surface area contributed by atoms with Crippen molar-refractivity contribution in [2.24, 2.45) is 0 Å². The summed E-state index contributed by atoms with van der Waals surface area (Å²) in [6, 6.07) is 3.80. The lowest BCUT2D eigenvalue weighted by atomic mass is 10.0. The van der Waals surface area contributed by atoms with Gasteiger partial charge in [-0.05, 0) is 31.5 Å². The maximum Gasteiger partial charge on any atom is 0.257 e. The number of phenolic OH excluding ortho intramolecular Hbond substituents is 1. The van der Waals surface area contributed by atoms with E-state index >= 15 is 0 Å². The molecule has 1 atom stereocenters. The summed E-state index contributed by atoms with van der Waals surface area (Å²) in [6.45, 7) is 4.21. The van der Waals surface area contributed by atoms with Crippen LogP contribution in [0, 0.1) is 5.82 Å². The largest absolute Gasteiger partial charge is 0.507 e. The van der Waals surface area contributed by atoms with Crippen LogP contribution in [0.5, 0.6) is 5.75 Å². The second kappa shape index (κ2) is 6.02. The molecule has 0 spiro atoms. The number of likely N-dealkylation sites (tertiary alicyclic amines) is 1. The van der Waals surface area contributed by atoms with Gasteiger partial charge in [-0.25, -0.2) is 4.39 Å². The van der Waals surface area contributed by atoms with Crippen LogP contribution in [0.2, 0.25) is 0 Å². The third-order valence-corrected chi connectivity index (χ3v) is 3.39. The molecule has 1 aliphatic heterocycles. The SMILES string of the molecule is CCNC1CCCN(C(=O)c2ccc(F)cc2O)C1. The number of hydrogen-bond acceptors (Lipinski definition) is 3. The van der Waals surface area contributed by atoms with Crippen molar-refractivity contribution in [2.75, 3.05) is 19.6 Å². The van der Waals surface area contributed by atoms with Crippen LogP contribution in [0.15, 0.2) is 18.2 Å². The Kier molecular flexibility index (Phi) is 4.37. The third kappa shape index (κ3) is 3.23. The van der Waals surface area contributed by atoms with E-state index in [4.69, 9.17) is 0 Å². The number of amides is 1. The lowest BCUT2D eigenvalue weighted by Crippen LogP contribution is -2.47. The van der Waals surface area contributed by atoms with Crippen molar-refractivity contribution in [1.29, 1.82) is 0 Å². The Morgan fingerprint density at radius 2 is 2.37 bits per heavy atom. The van der Waals surface area contributed by atoms with Gasteiger partial charge in [0, 0.05) is 25.2 Å². The molecule has 0 bridgehead atoms. The Labute approximate surface area is 112 Å². The minimum atomic E-state index is -0.543. The number of halogens is 1. The average molecular weight is 266 g/mol. The van der Waals surface area contributed by atoms with Crippen LogP contribution in [-0.4, -0.2) is 41.6 Å². The van der Waals surface area contributed by atoms with Crippen LogP contribution < -0.4 is 5.32 Å². The van der Waals surface area contributed by atoms with Crippen LogP contribution in [-0.2, 0) is 0 Å². The van der Waals surface area contributed by atoms with Crippen molar-refractivity contribution in [3.8, 4) is 5.75 Å². The van der Waals surface area contributed by atoms with Gasteiger partial charge in [0.15, 0.2) is 0 Å². The van der Waals surface area contributed by atoms with E-state index in [2.05, 4.69) is 5.32 Å². The molecule has 5 heteroatoms. The molecule has 1 fully saturated rings. The van der Waals surface area contributed by atoms with Gasteiger partial charge in [-0.15, -0.1) is 0 Å². The van der Waals surface area contributed by atoms with E-state index in [-0.39, 0.29) is 17.2 Å². The Morgan fingerprint density at radius 3 is 3.05 bits per heavy atom. The maximum atomic E-state index is 12.9. The monoisotopic (exact) mass is 266 g/mol. The Hall–Kier alpha value is -1.62. The highest BCUT2D eigenvalue weighted by molar-refractivity contribution is 5.96. The van der Waals surface area contributed by atoms with Crippen molar-refractivity contribution >= 4 is 5.91 Å². The van der Waals surface area contributed by atoms with E-state index in [9.17, 15) is 14.3 Å². The first-order chi connectivity index (χ1) is 9.11. The summed E-state index contributed by atoms with van der Waals surface area (Å²) in [5.41, 5.74) is 0.165. The minimum Gasteiger partial charge on any atom is -0.507 e. The summed E-state index contributed by atoms with van der Waals surface area (Å²) >= 11 is 0. The first kappa shape index (κ1) is 13.8. The van der Waals surface area contributed by atoms with Crippen LogP contribution in [0.1, 0.15) is 30.1 Å². The highest BCUT2D eigenvalue weighted by Gasteiger charge is 2.25. The van der Waals surface area contributed by atoms with Crippen molar-refractivity contribution in [3.05, 3.63) is 29.6 Å². The lowest BCUT2D eigenvalue weighted by Gasteiger charge is -2.33. The second-order valence-corrected chi connectivity index (χ2v) is 4.81. The van der Waals surface area contributed by atoms with E-state index in [1.807, 2.05) is 6.92 Å². The number of carbonyl (C=O) groups excluding carboxylic acids is 1. The smallest absolute Gasteiger partial charge is 0.257 e. The molecule has 1 aliphatic rings. The van der Waals surface area contributed by atoms with Crippen LogP contribution >= 0.6 is 0 Å². The second-order valence-electron chi connectivity index (χ2n) is 4.81. The zero-order valence-corrected chi connectivity index (χ0v) is 11.0. The summed E-state index contributed by atoms with van der Waals surface area (Å²) in [4.78, 5) is 14.0. The van der Waals surface area contributed by atoms with Gasteiger partial charge in [0.25, 0.3) is 5.91 Å². The first-order valence-electron chi connectivity index (χ1n) is 6.63. The van der Waals surface area contributed by atoms with Crippen LogP contribution in [0.4, 0.5) is 4.39 Å². The number of piperidine rings is 1. The van der Waals surface area contributed by atoms with Gasteiger partial charge >= 0.3 is 0 Å². The number of carbonyl (C=O) groups is 1. The van der Waals surface area contributed by atoms with Crippen molar-refractivity contribution in [1.82, 2.24) is 10.2 Å². The molecular weight excluding hydrogens is 247 g/mol. The van der Waals surface area contributed by atoms with E-state index < -0.39 is 5.82 Å². The molecule has 19 heavy (non-hydrogen) atoms. The normalized spacial score (nSPS) is 19.5. The van der Waals surface area contributed by atoms with Gasteiger partial charge in [0.05, 0.1) is 5.56 Å². The quantitative estimate of drug-likeness (QED) is 0.876. The van der Waals surface area contributed by atoms with Crippen molar-refractivity contribution < 1.29 is 14.3 Å². The van der Waals surface area contributed by atoms with Gasteiger partial charge in [-0.3, -0.25) is 4.79 Å². The van der Waals surface area contributed by atoms with Crippen molar-refractivity contribution in [3.63, 3.8) is 0 Å². The Morgan fingerprint density at radius 1 is 1.58 bits per heavy atom. The third-order valence-electron chi connectivity index (χ3n) is 3.39. The van der Waals surface area contributed by atoms with Gasteiger partial charge in [0.1, 0.15) is 11.6 Å². The number of hydrogen-bond donors (Lipinski definition) is 2. The van der Waals surface area contributed by atoms with E-state index in [1.54, 1.807) is 4.90 Å². The standard InChI is InChI=1S/C14H19FN2O2/c1-2-16-11-4-3-7-17(9-11)14(19)12-6-5-10(15)8-13(12)18/h5-6,8,11,16,18H,2-4,7,9H2,1H3. The molecule has 1 heterocycles. The van der Waals surface area contributed by atoms with E-state index in [0.29, 0.717) is 19.1 Å².